The van der Waals surface area contributed by atoms with Gasteiger partial charge >= 0.3 is 6.30 Å². The second kappa shape index (κ2) is 5.25. The minimum absolute atomic E-state index is 0.113. The summed E-state index contributed by atoms with van der Waals surface area (Å²) in [7, 11) is 0. The molecule has 3 rings (SSSR count). The summed E-state index contributed by atoms with van der Waals surface area (Å²) in [5, 5.41) is 5.50. The van der Waals surface area contributed by atoms with Crippen molar-refractivity contribution >= 4 is 16.7 Å². The van der Waals surface area contributed by atoms with Crippen molar-refractivity contribution in [1.29, 1.82) is 0 Å². The monoisotopic (exact) mass is 304 g/mol. The minimum Gasteiger partial charge on any atom is -0.297 e. The zero-order valence-corrected chi connectivity index (χ0v) is 11.5. The van der Waals surface area contributed by atoms with E-state index in [-0.39, 0.29) is 5.69 Å². The maximum absolute atomic E-state index is 12.1. The molecule has 0 atom stereocenters. The smallest absolute Gasteiger partial charge is 0.297 e. The first-order chi connectivity index (χ1) is 10.4. The first-order valence-corrected chi connectivity index (χ1v) is 6.48. The molecule has 0 N–H and O–H groups in total. The van der Waals surface area contributed by atoms with Gasteiger partial charge < -0.3 is 0 Å². The highest BCUT2D eigenvalue weighted by Crippen LogP contribution is 2.27. The van der Waals surface area contributed by atoms with Crippen LogP contribution < -0.4 is 0 Å². The summed E-state index contributed by atoms with van der Waals surface area (Å²) in [6.45, 7) is 1.84. The number of imidazole rings is 1. The Morgan fingerprint density at radius 3 is 2.45 bits per heavy atom. The molecular formula is C15H11F3N4. The van der Waals surface area contributed by atoms with Crippen LogP contribution in [0.4, 0.5) is 18.9 Å². The molecule has 7 heteroatoms. The Bertz CT molecular complexity index is 835. The van der Waals surface area contributed by atoms with Crippen LogP contribution in [-0.2, 0) is 0 Å². The molecule has 0 aliphatic rings. The molecule has 112 valence electrons. The first kappa shape index (κ1) is 14.2. The van der Waals surface area contributed by atoms with Crippen LogP contribution in [0.15, 0.2) is 58.8 Å². The number of alkyl halides is 3. The highest BCUT2D eigenvalue weighted by atomic mass is 19.4. The van der Waals surface area contributed by atoms with Crippen molar-refractivity contribution in [1.82, 2.24) is 9.55 Å². The van der Waals surface area contributed by atoms with Crippen molar-refractivity contribution in [3.8, 4) is 5.69 Å². The van der Waals surface area contributed by atoms with E-state index in [1.165, 1.54) is 12.1 Å². The van der Waals surface area contributed by atoms with Crippen LogP contribution >= 0.6 is 0 Å². The fourth-order valence-corrected chi connectivity index (χ4v) is 2.27. The van der Waals surface area contributed by atoms with E-state index >= 15 is 0 Å². The van der Waals surface area contributed by atoms with Crippen molar-refractivity contribution in [2.75, 3.05) is 0 Å². The molecule has 4 nitrogen and oxygen atoms in total. The zero-order valence-electron chi connectivity index (χ0n) is 11.5. The number of nitrogens with zero attached hydrogens (tertiary/aromatic N) is 4. The van der Waals surface area contributed by atoms with E-state index in [4.69, 9.17) is 0 Å². The number of rotatable bonds is 2. The molecule has 0 aliphatic carbocycles. The summed E-state index contributed by atoms with van der Waals surface area (Å²) in [6.07, 6.45) is -4.67. The Balaban J connectivity index is 2.08. The van der Waals surface area contributed by atoms with Crippen LogP contribution in [0.25, 0.3) is 16.7 Å². The topological polar surface area (TPSA) is 42.5 Å². The van der Waals surface area contributed by atoms with E-state index in [2.05, 4.69) is 15.2 Å². The van der Waals surface area contributed by atoms with Crippen molar-refractivity contribution in [3.05, 3.63) is 54.4 Å². The molecular weight excluding hydrogens is 293 g/mol. The summed E-state index contributed by atoms with van der Waals surface area (Å²) in [5.41, 5.74) is 2.42. The highest BCUT2D eigenvalue weighted by molar-refractivity contribution is 5.81. The Morgan fingerprint density at radius 1 is 1.05 bits per heavy atom. The van der Waals surface area contributed by atoms with Crippen molar-refractivity contribution in [2.24, 2.45) is 10.2 Å². The SMILES string of the molecule is Cc1nc2cc(N=NC(F)(F)F)ccc2n1-c1ccccc1. The summed E-state index contributed by atoms with van der Waals surface area (Å²) < 4.78 is 38.1. The van der Waals surface area contributed by atoms with E-state index < -0.39 is 6.30 Å². The molecule has 22 heavy (non-hydrogen) atoms. The molecule has 0 aliphatic heterocycles. The van der Waals surface area contributed by atoms with Crippen LogP contribution in [-0.4, -0.2) is 15.9 Å². The Labute approximate surface area is 123 Å². The lowest BCUT2D eigenvalue weighted by atomic mass is 10.2. The predicted octanol–water partition coefficient (Wildman–Crippen LogP) is 4.94. The van der Waals surface area contributed by atoms with Gasteiger partial charge in [0.1, 0.15) is 5.82 Å². The largest absolute Gasteiger partial charge is 0.521 e. The molecule has 0 bridgehead atoms. The molecule has 0 amide bonds. The quantitative estimate of drug-likeness (QED) is 0.488. The van der Waals surface area contributed by atoms with E-state index in [1.807, 2.05) is 41.8 Å². The fraction of sp³-hybridized carbons (Fsp3) is 0.133. The van der Waals surface area contributed by atoms with Gasteiger partial charge in [0.2, 0.25) is 0 Å². The molecule has 1 aromatic heterocycles. The molecule has 3 aromatic rings. The number of azo groups is 1. The van der Waals surface area contributed by atoms with Gasteiger partial charge in [-0.2, -0.15) is 0 Å². The molecule has 0 unspecified atom stereocenters. The highest BCUT2D eigenvalue weighted by Gasteiger charge is 2.26. The number of hydrogen-bond acceptors (Lipinski definition) is 3. The lowest BCUT2D eigenvalue weighted by Gasteiger charge is -2.06. The third-order valence-corrected chi connectivity index (χ3v) is 3.10. The molecule has 2 aromatic carbocycles. The number of para-hydroxylation sites is 1. The van der Waals surface area contributed by atoms with Crippen LogP contribution in [0.5, 0.6) is 0 Å². The first-order valence-electron chi connectivity index (χ1n) is 6.48. The van der Waals surface area contributed by atoms with Crippen LogP contribution in [0.2, 0.25) is 0 Å². The van der Waals surface area contributed by atoms with Crippen LogP contribution in [0.1, 0.15) is 5.82 Å². The maximum atomic E-state index is 12.1. The molecule has 0 saturated heterocycles. The average Bonchev–Trinajstić information content (AvgIpc) is 2.80. The van der Waals surface area contributed by atoms with Gasteiger partial charge in [0.25, 0.3) is 0 Å². The third kappa shape index (κ3) is 2.83. The molecule has 0 fully saturated rings. The van der Waals surface area contributed by atoms with E-state index in [9.17, 15) is 13.2 Å². The van der Waals surface area contributed by atoms with Crippen molar-refractivity contribution in [3.63, 3.8) is 0 Å². The van der Waals surface area contributed by atoms with E-state index in [0.717, 1.165) is 17.0 Å². The molecule has 0 radical (unpaired) electrons. The Morgan fingerprint density at radius 2 is 1.77 bits per heavy atom. The molecule has 0 spiro atoms. The number of benzene rings is 2. The van der Waals surface area contributed by atoms with E-state index in [0.29, 0.717) is 5.52 Å². The molecule has 1 heterocycles. The van der Waals surface area contributed by atoms with Gasteiger partial charge in [-0.3, -0.25) is 4.57 Å². The Kier molecular flexibility index (Phi) is 3.40. The second-order valence-corrected chi connectivity index (χ2v) is 4.67. The zero-order chi connectivity index (χ0) is 15.7. The van der Waals surface area contributed by atoms with E-state index in [1.54, 1.807) is 6.07 Å². The lowest BCUT2D eigenvalue weighted by molar-refractivity contribution is -0.125. The van der Waals surface area contributed by atoms with Crippen LogP contribution in [0, 0.1) is 6.92 Å². The Hall–Kier alpha value is -2.70. The molecule has 0 saturated carbocycles. The standard InChI is InChI=1S/C15H11F3N4/c1-10-19-13-9-11(20-21-15(16,17)18)7-8-14(13)22(10)12-5-3-2-4-6-12/h2-9H,1H3. The normalized spacial score (nSPS) is 12.4. The van der Waals surface area contributed by atoms with Gasteiger partial charge in [-0.1, -0.05) is 23.3 Å². The summed E-state index contributed by atoms with van der Waals surface area (Å²) in [5.74, 6) is 0.742. The number of halogens is 3. The minimum atomic E-state index is -4.67. The third-order valence-electron chi connectivity index (χ3n) is 3.10. The van der Waals surface area contributed by atoms with Crippen molar-refractivity contribution in [2.45, 2.75) is 13.2 Å². The van der Waals surface area contributed by atoms with Gasteiger partial charge in [-0.05, 0) is 37.3 Å². The van der Waals surface area contributed by atoms with Gasteiger partial charge in [0.15, 0.2) is 0 Å². The van der Waals surface area contributed by atoms with Gasteiger partial charge in [0.05, 0.1) is 16.7 Å². The lowest BCUT2D eigenvalue weighted by Crippen LogP contribution is -1.99. The van der Waals surface area contributed by atoms with Crippen LogP contribution in [0.3, 0.4) is 0 Å². The van der Waals surface area contributed by atoms with Gasteiger partial charge in [-0.25, -0.2) is 4.98 Å². The number of aryl methyl sites for hydroxylation is 1. The predicted molar refractivity (Wildman–Crippen MR) is 76.4 cm³/mol. The number of fused-ring (bicyclic) bond motifs is 1. The maximum Gasteiger partial charge on any atom is 0.521 e. The summed E-state index contributed by atoms with van der Waals surface area (Å²) >= 11 is 0. The fourth-order valence-electron chi connectivity index (χ4n) is 2.27. The summed E-state index contributed by atoms with van der Waals surface area (Å²) in [4.78, 5) is 4.37. The second-order valence-electron chi connectivity index (χ2n) is 4.67. The number of hydrogen-bond donors (Lipinski definition) is 0. The van der Waals surface area contributed by atoms with Gasteiger partial charge in [0, 0.05) is 5.69 Å². The van der Waals surface area contributed by atoms with Crippen molar-refractivity contribution < 1.29 is 13.2 Å². The average molecular weight is 304 g/mol. The number of aromatic nitrogens is 2. The van der Waals surface area contributed by atoms with Gasteiger partial charge in [-0.15, -0.1) is 18.3 Å². The summed E-state index contributed by atoms with van der Waals surface area (Å²) in [6, 6.07) is 14.3.